The Kier molecular flexibility index (Phi) is 5.45. The van der Waals surface area contributed by atoms with Crippen molar-refractivity contribution < 1.29 is 9.53 Å². The summed E-state index contributed by atoms with van der Waals surface area (Å²) in [4.78, 5) is 11.6. The highest BCUT2D eigenvalue weighted by Gasteiger charge is 2.16. The van der Waals surface area contributed by atoms with E-state index in [0.717, 1.165) is 11.6 Å². The topological polar surface area (TPSA) is 38.3 Å². The van der Waals surface area contributed by atoms with Crippen molar-refractivity contribution in [3.05, 3.63) is 29.8 Å². The molecule has 2 atom stereocenters. The van der Waals surface area contributed by atoms with Gasteiger partial charge in [-0.3, -0.25) is 0 Å². The number of hydrogen-bond donors (Lipinski definition) is 1. The molecule has 0 bridgehead atoms. The molecular weight excluding hydrogens is 250 g/mol. The van der Waals surface area contributed by atoms with Gasteiger partial charge >= 0.3 is 5.97 Å². The van der Waals surface area contributed by atoms with E-state index in [2.05, 4.69) is 12.2 Å². The first-order valence-corrected chi connectivity index (χ1v) is 7.72. The van der Waals surface area contributed by atoms with Crippen LogP contribution in [-0.2, 0) is 4.74 Å². The molecule has 1 saturated carbocycles. The van der Waals surface area contributed by atoms with Gasteiger partial charge in [-0.25, -0.2) is 4.79 Å². The van der Waals surface area contributed by atoms with Crippen molar-refractivity contribution in [3.63, 3.8) is 0 Å². The van der Waals surface area contributed by atoms with E-state index in [4.69, 9.17) is 4.74 Å². The van der Waals surface area contributed by atoms with Crippen LogP contribution in [0.3, 0.4) is 0 Å². The summed E-state index contributed by atoms with van der Waals surface area (Å²) in [5, 5.41) is 3.59. The van der Waals surface area contributed by atoms with Crippen molar-refractivity contribution >= 4 is 11.7 Å². The standard InChI is InChI=1S/C17H25NO2/c1-3-20-17(19)14-8-11-16(12-9-14)18-15-6-4-5-13(2)7-10-15/h8-9,11-13,15,18H,3-7,10H2,1-2H3. The van der Waals surface area contributed by atoms with Crippen molar-refractivity contribution in [2.24, 2.45) is 5.92 Å². The quantitative estimate of drug-likeness (QED) is 0.659. The summed E-state index contributed by atoms with van der Waals surface area (Å²) in [6.07, 6.45) is 6.43. The number of anilines is 1. The Labute approximate surface area is 121 Å². The van der Waals surface area contributed by atoms with Crippen LogP contribution in [0.25, 0.3) is 0 Å². The highest BCUT2D eigenvalue weighted by Crippen LogP contribution is 2.25. The maximum atomic E-state index is 11.6. The molecule has 1 fully saturated rings. The zero-order valence-electron chi connectivity index (χ0n) is 12.5. The maximum Gasteiger partial charge on any atom is 0.338 e. The van der Waals surface area contributed by atoms with Gasteiger partial charge in [-0.15, -0.1) is 0 Å². The first kappa shape index (κ1) is 14.9. The summed E-state index contributed by atoms with van der Waals surface area (Å²) in [6.45, 7) is 4.58. The Hall–Kier alpha value is -1.51. The first-order chi connectivity index (χ1) is 9.69. The van der Waals surface area contributed by atoms with Crippen molar-refractivity contribution in [2.45, 2.75) is 52.0 Å². The zero-order chi connectivity index (χ0) is 14.4. The number of carbonyl (C=O) groups excluding carboxylic acids is 1. The number of hydrogen-bond acceptors (Lipinski definition) is 3. The summed E-state index contributed by atoms with van der Waals surface area (Å²) in [6, 6.07) is 8.17. The van der Waals surface area contributed by atoms with Crippen LogP contribution < -0.4 is 5.32 Å². The van der Waals surface area contributed by atoms with Gasteiger partial charge < -0.3 is 10.1 Å². The molecular formula is C17H25NO2. The van der Waals surface area contributed by atoms with E-state index >= 15 is 0 Å². The molecule has 1 aliphatic carbocycles. The van der Waals surface area contributed by atoms with Crippen molar-refractivity contribution in [1.82, 2.24) is 0 Å². The molecule has 1 aromatic carbocycles. The van der Waals surface area contributed by atoms with Crippen LogP contribution in [0.5, 0.6) is 0 Å². The van der Waals surface area contributed by atoms with E-state index in [0.29, 0.717) is 18.2 Å². The Morgan fingerprint density at radius 1 is 1.20 bits per heavy atom. The van der Waals surface area contributed by atoms with E-state index in [9.17, 15) is 4.79 Å². The summed E-state index contributed by atoms with van der Waals surface area (Å²) >= 11 is 0. The monoisotopic (exact) mass is 275 g/mol. The Balaban J connectivity index is 1.91. The number of carbonyl (C=O) groups is 1. The van der Waals surface area contributed by atoms with Gasteiger partial charge in [0.1, 0.15) is 0 Å². The van der Waals surface area contributed by atoms with Crippen LogP contribution >= 0.6 is 0 Å². The van der Waals surface area contributed by atoms with Crippen LogP contribution in [0.1, 0.15) is 56.3 Å². The van der Waals surface area contributed by atoms with E-state index in [1.807, 2.05) is 31.2 Å². The minimum atomic E-state index is -0.248. The number of nitrogens with one attached hydrogen (secondary N) is 1. The molecule has 110 valence electrons. The van der Waals surface area contributed by atoms with Crippen LogP contribution in [-0.4, -0.2) is 18.6 Å². The second kappa shape index (κ2) is 7.32. The summed E-state index contributed by atoms with van der Waals surface area (Å²) in [7, 11) is 0. The van der Waals surface area contributed by atoms with Gasteiger partial charge in [0.2, 0.25) is 0 Å². The van der Waals surface area contributed by atoms with Gasteiger partial charge in [0, 0.05) is 11.7 Å². The third-order valence-corrected chi connectivity index (χ3v) is 4.02. The Bertz CT molecular complexity index is 427. The van der Waals surface area contributed by atoms with E-state index < -0.39 is 0 Å². The van der Waals surface area contributed by atoms with E-state index in [1.165, 1.54) is 32.1 Å². The molecule has 2 unspecified atom stereocenters. The van der Waals surface area contributed by atoms with Gasteiger partial charge in [0.25, 0.3) is 0 Å². The minimum absolute atomic E-state index is 0.248. The largest absolute Gasteiger partial charge is 0.462 e. The van der Waals surface area contributed by atoms with Crippen LogP contribution in [0.4, 0.5) is 5.69 Å². The third-order valence-electron chi connectivity index (χ3n) is 4.02. The molecule has 0 aliphatic heterocycles. The fourth-order valence-corrected chi connectivity index (χ4v) is 2.78. The highest BCUT2D eigenvalue weighted by molar-refractivity contribution is 5.89. The Morgan fingerprint density at radius 2 is 1.95 bits per heavy atom. The second-order valence-corrected chi connectivity index (χ2v) is 5.75. The van der Waals surface area contributed by atoms with Crippen molar-refractivity contribution in [2.75, 3.05) is 11.9 Å². The van der Waals surface area contributed by atoms with Gasteiger partial charge in [0.05, 0.1) is 12.2 Å². The normalized spacial score (nSPS) is 22.9. The van der Waals surface area contributed by atoms with Gasteiger partial charge in [0.15, 0.2) is 0 Å². The summed E-state index contributed by atoms with van der Waals surface area (Å²) in [5.74, 6) is 0.607. The second-order valence-electron chi connectivity index (χ2n) is 5.75. The molecule has 2 rings (SSSR count). The molecule has 3 nitrogen and oxygen atoms in total. The van der Waals surface area contributed by atoms with Crippen LogP contribution in [0.2, 0.25) is 0 Å². The van der Waals surface area contributed by atoms with Gasteiger partial charge in [-0.05, 0) is 56.4 Å². The molecule has 0 amide bonds. The summed E-state index contributed by atoms with van der Waals surface area (Å²) in [5.41, 5.74) is 1.71. The molecule has 1 aromatic rings. The first-order valence-electron chi connectivity index (χ1n) is 7.72. The molecule has 0 aromatic heterocycles. The number of ether oxygens (including phenoxy) is 1. The predicted octanol–water partition coefficient (Wildman–Crippen LogP) is 4.24. The third kappa shape index (κ3) is 4.26. The lowest BCUT2D eigenvalue weighted by molar-refractivity contribution is 0.0526. The minimum Gasteiger partial charge on any atom is -0.462 e. The molecule has 3 heteroatoms. The van der Waals surface area contributed by atoms with Gasteiger partial charge in [-0.2, -0.15) is 0 Å². The fraction of sp³-hybridized carbons (Fsp3) is 0.588. The lowest BCUT2D eigenvalue weighted by Gasteiger charge is -2.18. The number of esters is 1. The number of rotatable bonds is 4. The zero-order valence-corrected chi connectivity index (χ0v) is 12.5. The maximum absolute atomic E-state index is 11.6. The molecule has 1 aliphatic rings. The van der Waals surface area contributed by atoms with Gasteiger partial charge in [-0.1, -0.05) is 19.8 Å². The smallest absolute Gasteiger partial charge is 0.338 e. The molecule has 0 heterocycles. The lowest BCUT2D eigenvalue weighted by Crippen LogP contribution is -2.18. The molecule has 20 heavy (non-hydrogen) atoms. The average Bonchev–Trinajstić information content (AvgIpc) is 2.65. The van der Waals surface area contributed by atoms with Crippen molar-refractivity contribution in [3.8, 4) is 0 Å². The van der Waals surface area contributed by atoms with E-state index in [-0.39, 0.29) is 5.97 Å². The Morgan fingerprint density at radius 3 is 2.65 bits per heavy atom. The van der Waals surface area contributed by atoms with Crippen molar-refractivity contribution in [1.29, 1.82) is 0 Å². The molecule has 0 radical (unpaired) electrons. The SMILES string of the molecule is CCOC(=O)c1ccc(NC2CCCC(C)CC2)cc1. The molecule has 0 saturated heterocycles. The van der Waals surface area contributed by atoms with E-state index in [1.54, 1.807) is 0 Å². The fourth-order valence-electron chi connectivity index (χ4n) is 2.78. The number of benzene rings is 1. The predicted molar refractivity (Wildman–Crippen MR) is 82.1 cm³/mol. The van der Waals surface area contributed by atoms with Crippen LogP contribution in [0.15, 0.2) is 24.3 Å². The lowest BCUT2D eigenvalue weighted by atomic mass is 10.0. The highest BCUT2D eigenvalue weighted by atomic mass is 16.5. The molecule has 0 spiro atoms. The molecule has 1 N–H and O–H groups in total. The summed E-state index contributed by atoms with van der Waals surface area (Å²) < 4.78 is 4.99. The average molecular weight is 275 g/mol. The van der Waals surface area contributed by atoms with Crippen LogP contribution in [0, 0.1) is 5.92 Å².